The lowest BCUT2D eigenvalue weighted by molar-refractivity contribution is 1.26. The highest BCUT2D eigenvalue weighted by atomic mass is 14.0. The molecule has 0 aliphatic carbocycles. The van der Waals surface area contributed by atoms with E-state index < -0.39 is 0 Å². The van der Waals surface area contributed by atoms with E-state index >= 15 is 0 Å². The molecule has 0 aliphatic rings. The molecule has 0 atom stereocenters. The molecule has 0 bridgehead atoms. The van der Waals surface area contributed by atoms with Crippen molar-refractivity contribution in [3.63, 3.8) is 0 Å². The van der Waals surface area contributed by atoms with Gasteiger partial charge in [-0.05, 0) is 25.0 Å². The summed E-state index contributed by atoms with van der Waals surface area (Å²) in [7, 11) is 0. The van der Waals surface area contributed by atoms with Crippen molar-refractivity contribution in [3.05, 3.63) is 60.7 Å². The molecule has 0 nitrogen and oxygen atoms in total. The van der Waals surface area contributed by atoms with E-state index in [0.717, 1.165) is 12.0 Å². The van der Waals surface area contributed by atoms with Gasteiger partial charge < -0.3 is 0 Å². The van der Waals surface area contributed by atoms with Gasteiger partial charge in [0.1, 0.15) is 0 Å². The second kappa shape index (κ2) is 13.3. The molecule has 1 aromatic carbocycles. The largest absolute Gasteiger partial charge is 0.115 e. The van der Waals surface area contributed by atoms with E-state index in [1.807, 2.05) is 51.1 Å². The van der Waals surface area contributed by atoms with Crippen molar-refractivity contribution < 1.29 is 0 Å². The first-order valence-corrected chi connectivity index (χ1v) is 5.52. The number of allylic oxidation sites excluding steroid dienone is 2. The fourth-order valence-electron chi connectivity index (χ4n) is 0.995. The van der Waals surface area contributed by atoms with Crippen LogP contribution in [0, 0.1) is 12.3 Å². The molecule has 1 aromatic rings. The fourth-order valence-corrected chi connectivity index (χ4v) is 0.995. The third kappa shape index (κ3) is 7.64. The zero-order valence-electron chi connectivity index (χ0n) is 10.7. The average Bonchev–Trinajstić information content (AvgIpc) is 2.34. The average molecular weight is 214 g/mol. The van der Waals surface area contributed by atoms with Crippen LogP contribution in [-0.2, 0) is 6.42 Å². The minimum atomic E-state index is 0.848. The molecule has 0 heterocycles. The van der Waals surface area contributed by atoms with Gasteiger partial charge in [0.25, 0.3) is 0 Å². The number of hydrogen-bond acceptors (Lipinski definition) is 0. The van der Waals surface area contributed by atoms with Gasteiger partial charge in [-0.25, -0.2) is 0 Å². The molecule has 0 fully saturated rings. The van der Waals surface area contributed by atoms with Crippen molar-refractivity contribution in [3.8, 4) is 12.3 Å². The molecule has 0 saturated carbocycles. The normalized spacial score (nSPS) is 7.12. The van der Waals surface area contributed by atoms with Crippen molar-refractivity contribution in [1.29, 1.82) is 0 Å². The Morgan fingerprint density at radius 3 is 2.19 bits per heavy atom. The Morgan fingerprint density at radius 1 is 1.25 bits per heavy atom. The molecular weight excluding hydrogens is 192 g/mol. The highest BCUT2D eigenvalue weighted by Gasteiger charge is 1.93. The first-order chi connectivity index (χ1) is 7.79. The Hall–Kier alpha value is -1.74. The molecule has 0 amide bonds. The SMILES string of the molecule is C#Cc1ccccc1CC=C.C=CC.CC. The summed E-state index contributed by atoms with van der Waals surface area (Å²) in [6, 6.07) is 7.90. The summed E-state index contributed by atoms with van der Waals surface area (Å²) >= 11 is 0. The van der Waals surface area contributed by atoms with Crippen LogP contribution in [0.15, 0.2) is 49.6 Å². The van der Waals surface area contributed by atoms with Crippen LogP contribution in [0.3, 0.4) is 0 Å². The smallest absolute Gasteiger partial charge is 0.0277 e. The van der Waals surface area contributed by atoms with Gasteiger partial charge in [0.05, 0.1) is 0 Å². The Morgan fingerprint density at radius 2 is 1.75 bits per heavy atom. The molecule has 0 heteroatoms. The third-order valence-electron chi connectivity index (χ3n) is 1.54. The maximum absolute atomic E-state index is 5.30. The summed E-state index contributed by atoms with van der Waals surface area (Å²) in [6.45, 7) is 12.9. The quantitative estimate of drug-likeness (QED) is 0.498. The van der Waals surface area contributed by atoms with Crippen LogP contribution in [0.1, 0.15) is 31.9 Å². The molecule has 1 rings (SSSR count). The molecule has 0 aliphatic heterocycles. The van der Waals surface area contributed by atoms with Gasteiger partial charge in [-0.1, -0.05) is 50.1 Å². The van der Waals surface area contributed by atoms with Crippen molar-refractivity contribution in [2.75, 3.05) is 0 Å². The molecule has 0 saturated heterocycles. The zero-order valence-corrected chi connectivity index (χ0v) is 10.7. The predicted molar refractivity (Wildman–Crippen MR) is 75.5 cm³/mol. The monoisotopic (exact) mass is 214 g/mol. The van der Waals surface area contributed by atoms with Crippen molar-refractivity contribution in [2.45, 2.75) is 27.2 Å². The summed E-state index contributed by atoms with van der Waals surface area (Å²) in [5.41, 5.74) is 2.14. The summed E-state index contributed by atoms with van der Waals surface area (Å²) in [6.07, 6.45) is 9.75. The highest BCUT2D eigenvalue weighted by molar-refractivity contribution is 5.40. The van der Waals surface area contributed by atoms with Crippen LogP contribution >= 0.6 is 0 Å². The van der Waals surface area contributed by atoms with Crippen LogP contribution in [0.25, 0.3) is 0 Å². The Balaban J connectivity index is 0. The van der Waals surface area contributed by atoms with E-state index in [1.165, 1.54) is 5.56 Å². The van der Waals surface area contributed by atoms with Crippen LogP contribution in [0.4, 0.5) is 0 Å². The lowest BCUT2D eigenvalue weighted by Crippen LogP contribution is -1.85. The molecule has 16 heavy (non-hydrogen) atoms. The molecule has 0 spiro atoms. The summed E-state index contributed by atoms with van der Waals surface area (Å²) in [5.74, 6) is 2.63. The van der Waals surface area contributed by atoms with Gasteiger partial charge in [-0.15, -0.1) is 19.6 Å². The van der Waals surface area contributed by atoms with Gasteiger partial charge >= 0.3 is 0 Å². The Kier molecular flexibility index (Phi) is 13.8. The number of hydrogen-bond donors (Lipinski definition) is 0. The second-order valence-corrected chi connectivity index (χ2v) is 2.70. The van der Waals surface area contributed by atoms with Gasteiger partial charge in [0, 0.05) is 5.56 Å². The van der Waals surface area contributed by atoms with Crippen LogP contribution in [-0.4, -0.2) is 0 Å². The van der Waals surface area contributed by atoms with Crippen LogP contribution in [0.5, 0.6) is 0 Å². The lowest BCUT2D eigenvalue weighted by atomic mass is 10.1. The van der Waals surface area contributed by atoms with E-state index in [9.17, 15) is 0 Å². The fraction of sp³-hybridized carbons (Fsp3) is 0.250. The zero-order chi connectivity index (χ0) is 12.8. The van der Waals surface area contributed by atoms with Crippen molar-refractivity contribution >= 4 is 0 Å². The van der Waals surface area contributed by atoms with Crippen molar-refractivity contribution in [1.82, 2.24) is 0 Å². The minimum absolute atomic E-state index is 0.848. The highest BCUT2D eigenvalue weighted by Crippen LogP contribution is 2.07. The summed E-state index contributed by atoms with van der Waals surface area (Å²) in [5, 5.41) is 0. The number of benzene rings is 1. The standard InChI is InChI=1S/C11H10.C3H6.C2H6/c1-3-7-11-9-6-5-8-10(11)4-2;1-3-2;1-2/h2-3,5-6,8-9H,1,7H2;3H,1H2,2H3;1-2H3. The van der Waals surface area contributed by atoms with Gasteiger partial charge in [-0.3, -0.25) is 0 Å². The Labute approximate surface area is 101 Å². The van der Waals surface area contributed by atoms with E-state index in [-0.39, 0.29) is 0 Å². The van der Waals surface area contributed by atoms with E-state index in [2.05, 4.69) is 19.1 Å². The number of terminal acetylenes is 1. The summed E-state index contributed by atoms with van der Waals surface area (Å²) < 4.78 is 0. The molecule has 0 unspecified atom stereocenters. The maximum atomic E-state index is 5.30. The van der Waals surface area contributed by atoms with Crippen LogP contribution < -0.4 is 0 Å². The molecular formula is C16H22. The maximum Gasteiger partial charge on any atom is 0.0277 e. The summed E-state index contributed by atoms with van der Waals surface area (Å²) in [4.78, 5) is 0. The molecule has 86 valence electrons. The van der Waals surface area contributed by atoms with E-state index in [0.29, 0.717) is 0 Å². The van der Waals surface area contributed by atoms with Gasteiger partial charge in [-0.2, -0.15) is 0 Å². The minimum Gasteiger partial charge on any atom is -0.115 e. The topological polar surface area (TPSA) is 0 Å². The predicted octanol–water partition coefficient (Wildman–Crippen LogP) is 4.61. The van der Waals surface area contributed by atoms with E-state index in [4.69, 9.17) is 6.42 Å². The molecule has 0 aromatic heterocycles. The third-order valence-corrected chi connectivity index (χ3v) is 1.54. The second-order valence-electron chi connectivity index (χ2n) is 2.70. The van der Waals surface area contributed by atoms with Crippen LogP contribution in [0.2, 0.25) is 0 Å². The molecule has 0 radical (unpaired) electrons. The van der Waals surface area contributed by atoms with Gasteiger partial charge in [0.15, 0.2) is 0 Å². The lowest BCUT2D eigenvalue weighted by Gasteiger charge is -1.98. The number of rotatable bonds is 2. The molecule has 0 N–H and O–H groups in total. The van der Waals surface area contributed by atoms with Crippen molar-refractivity contribution in [2.24, 2.45) is 0 Å². The first kappa shape index (κ1) is 16.7. The van der Waals surface area contributed by atoms with E-state index in [1.54, 1.807) is 6.08 Å². The van der Waals surface area contributed by atoms with Gasteiger partial charge in [0.2, 0.25) is 0 Å². The first-order valence-electron chi connectivity index (χ1n) is 5.52. The Bertz CT molecular complexity index is 326.